The van der Waals surface area contributed by atoms with Gasteiger partial charge in [-0.1, -0.05) is 43.7 Å². The van der Waals surface area contributed by atoms with E-state index in [-0.39, 0.29) is 57.8 Å². The number of aromatic nitrogens is 2. The zero-order valence-corrected chi connectivity index (χ0v) is 37.5. The highest BCUT2D eigenvalue weighted by atomic mass is 16.5. The summed E-state index contributed by atoms with van der Waals surface area (Å²) in [5.41, 5.74) is 23.1. The zero-order valence-electron chi connectivity index (χ0n) is 37.5. The molecule has 1 aliphatic heterocycles. The van der Waals surface area contributed by atoms with Gasteiger partial charge >= 0.3 is 0 Å². The zero-order chi connectivity index (χ0) is 47.2. The topological polar surface area (TPSA) is 283 Å². The molecule has 0 aliphatic carbocycles. The third-order valence-electron chi connectivity index (χ3n) is 10.9. The summed E-state index contributed by atoms with van der Waals surface area (Å²) in [7, 11) is 1.41. The second-order valence-corrected chi connectivity index (χ2v) is 15.8. The summed E-state index contributed by atoms with van der Waals surface area (Å²) in [5, 5.41) is 19.9. The molecule has 344 valence electrons. The number of carbonyl (C=O) groups excluding carboxylic acids is 5. The van der Waals surface area contributed by atoms with Crippen molar-refractivity contribution in [2.75, 3.05) is 46.4 Å². The Bertz CT molecular complexity index is 2420. The SMILES string of the molecule is CCCc1ccc(-c2ncc(C(=O)NC(CCN)C(=O)N(C)C3C(=O)NC(C)C(=O)NC(C(=O)NCC#N)Cc4ccc(OCCN)c(c4)-c4cc3ccc4OCCN)c(C)n2)c(C)c1. The van der Waals surface area contributed by atoms with Crippen LogP contribution in [-0.2, 0) is 32.0 Å². The maximum Gasteiger partial charge on any atom is 0.255 e. The maximum absolute atomic E-state index is 14.7. The monoisotopic (exact) mass is 889 g/mol. The Labute approximate surface area is 379 Å². The number of fused-ring (bicyclic) bond motifs is 5. The van der Waals surface area contributed by atoms with Crippen LogP contribution in [0.25, 0.3) is 22.5 Å². The van der Waals surface area contributed by atoms with Gasteiger partial charge in [0.15, 0.2) is 5.82 Å². The lowest BCUT2D eigenvalue weighted by molar-refractivity contribution is -0.141. The standard InChI is InChI=1S/C47H59N11O7/c1-6-7-30-8-11-33(27(2)22-30)42-53-26-36(28(3)54-42)44(60)56-37(14-15-48)47(63)58(5)41-32-10-13-40(65-21-18-51)35(25-32)34-23-31(9-12-39(34)64-20-17-50)24-38(45(61)52-19-16-49)57-43(59)29(4)55-46(41)62/h8-13,22-23,25-26,29,37-38,41H,6-7,14-15,17-21,24,48,50-51H2,1-5H3,(H,52,61)(H,55,62)(H,56,60)(H,57,59). The Kier molecular flexibility index (Phi) is 17.5. The number of aryl methyl sites for hydroxylation is 3. The largest absolute Gasteiger partial charge is 0.492 e. The molecular formula is C47H59N11O7. The minimum atomic E-state index is -1.40. The molecule has 4 atom stereocenters. The fourth-order valence-corrected chi connectivity index (χ4v) is 7.61. The predicted octanol–water partition coefficient (Wildman–Crippen LogP) is 1.89. The smallest absolute Gasteiger partial charge is 0.255 e. The van der Waals surface area contributed by atoms with E-state index in [1.807, 2.05) is 25.1 Å². The summed E-state index contributed by atoms with van der Waals surface area (Å²) >= 11 is 0. The second-order valence-electron chi connectivity index (χ2n) is 15.8. The molecule has 0 saturated heterocycles. The van der Waals surface area contributed by atoms with E-state index in [0.717, 1.165) is 24.0 Å². The Hall–Kier alpha value is -6.94. The average molecular weight is 890 g/mol. The highest BCUT2D eigenvalue weighted by Gasteiger charge is 2.36. The number of nitriles is 1. The Morgan fingerprint density at radius 3 is 2.25 bits per heavy atom. The van der Waals surface area contributed by atoms with Gasteiger partial charge in [-0.2, -0.15) is 5.26 Å². The van der Waals surface area contributed by atoms with E-state index in [1.54, 1.807) is 43.3 Å². The number of benzene rings is 3. The van der Waals surface area contributed by atoms with E-state index in [2.05, 4.69) is 44.2 Å². The van der Waals surface area contributed by atoms with Crippen molar-refractivity contribution in [1.29, 1.82) is 5.26 Å². The molecule has 0 radical (unpaired) electrons. The fraction of sp³-hybridized carbons (Fsp3) is 0.404. The molecular weight excluding hydrogens is 831 g/mol. The van der Waals surface area contributed by atoms with Crippen LogP contribution in [0.2, 0.25) is 0 Å². The van der Waals surface area contributed by atoms with Crippen molar-refractivity contribution in [2.45, 2.75) is 77.5 Å². The van der Waals surface area contributed by atoms with Gasteiger partial charge in [0.25, 0.3) is 5.91 Å². The summed E-state index contributed by atoms with van der Waals surface area (Å²) in [6.07, 6.45) is 3.40. The quantitative estimate of drug-likeness (QED) is 0.0747. The van der Waals surface area contributed by atoms with Crippen molar-refractivity contribution in [3.8, 4) is 40.1 Å². The Balaban J connectivity index is 1.56. The number of nitrogens with one attached hydrogen (secondary N) is 4. The maximum atomic E-state index is 14.7. The molecule has 65 heavy (non-hydrogen) atoms. The van der Waals surface area contributed by atoms with Gasteiger partial charge in [0, 0.05) is 49.4 Å². The third kappa shape index (κ3) is 12.2. The molecule has 4 unspecified atom stereocenters. The number of likely N-dealkylation sites (N-methyl/N-ethyl adjacent to an activating group) is 1. The number of carbonyl (C=O) groups is 5. The molecule has 18 heteroatoms. The van der Waals surface area contributed by atoms with Crippen molar-refractivity contribution in [1.82, 2.24) is 36.1 Å². The molecule has 0 fully saturated rings. The lowest BCUT2D eigenvalue weighted by Crippen LogP contribution is -2.56. The van der Waals surface area contributed by atoms with Crippen molar-refractivity contribution in [3.63, 3.8) is 0 Å². The highest BCUT2D eigenvalue weighted by molar-refractivity contribution is 6.00. The first kappa shape index (κ1) is 49.1. The Morgan fingerprint density at radius 2 is 1.62 bits per heavy atom. The molecule has 3 aromatic carbocycles. The van der Waals surface area contributed by atoms with Gasteiger partial charge in [-0.15, -0.1) is 0 Å². The number of amides is 5. The van der Waals surface area contributed by atoms with Crippen LogP contribution in [0.1, 0.15) is 71.0 Å². The van der Waals surface area contributed by atoms with Crippen LogP contribution in [0.15, 0.2) is 60.8 Å². The van der Waals surface area contributed by atoms with Crippen LogP contribution >= 0.6 is 0 Å². The molecule has 5 rings (SSSR count). The predicted molar refractivity (Wildman–Crippen MR) is 244 cm³/mol. The van der Waals surface area contributed by atoms with E-state index in [0.29, 0.717) is 45.3 Å². The summed E-state index contributed by atoms with van der Waals surface area (Å²) in [6.45, 7) is 7.61. The molecule has 0 saturated carbocycles. The van der Waals surface area contributed by atoms with Crippen molar-refractivity contribution in [2.24, 2.45) is 17.2 Å². The number of nitrogens with two attached hydrogens (primary N) is 3. The van der Waals surface area contributed by atoms with Gasteiger partial charge in [0.2, 0.25) is 23.6 Å². The molecule has 1 aromatic heterocycles. The highest BCUT2D eigenvalue weighted by Crippen LogP contribution is 2.40. The van der Waals surface area contributed by atoms with Crippen LogP contribution < -0.4 is 47.9 Å². The fourth-order valence-electron chi connectivity index (χ4n) is 7.61. The van der Waals surface area contributed by atoms with Crippen molar-refractivity contribution < 1.29 is 33.4 Å². The summed E-state index contributed by atoms with van der Waals surface area (Å²) < 4.78 is 12.2. The van der Waals surface area contributed by atoms with Crippen LogP contribution in [0.5, 0.6) is 11.5 Å². The first-order chi connectivity index (χ1) is 31.2. The van der Waals surface area contributed by atoms with Gasteiger partial charge in [0.1, 0.15) is 55.4 Å². The number of rotatable bonds is 17. The molecule has 5 amide bonds. The number of hydrogen-bond acceptors (Lipinski definition) is 13. The van der Waals surface area contributed by atoms with Gasteiger partial charge in [-0.3, -0.25) is 24.0 Å². The van der Waals surface area contributed by atoms with Crippen molar-refractivity contribution in [3.05, 3.63) is 94.3 Å². The molecule has 18 nitrogen and oxygen atoms in total. The minimum Gasteiger partial charge on any atom is -0.492 e. The third-order valence-corrected chi connectivity index (χ3v) is 10.9. The molecule has 1 aliphatic rings. The molecule has 4 aromatic rings. The number of ether oxygens (including phenoxy) is 2. The van der Waals surface area contributed by atoms with Crippen LogP contribution in [0.3, 0.4) is 0 Å². The van der Waals surface area contributed by atoms with Gasteiger partial charge in [-0.05, 0) is 86.7 Å². The summed E-state index contributed by atoms with van der Waals surface area (Å²) in [6, 6.07) is 13.2. The van der Waals surface area contributed by atoms with E-state index in [9.17, 15) is 24.0 Å². The lowest BCUT2D eigenvalue weighted by atomic mass is 9.93. The molecule has 10 N–H and O–H groups in total. The minimum absolute atomic E-state index is 0.00265. The van der Waals surface area contributed by atoms with Crippen molar-refractivity contribution >= 4 is 29.5 Å². The van der Waals surface area contributed by atoms with E-state index < -0.39 is 53.7 Å². The lowest BCUT2D eigenvalue weighted by Gasteiger charge is -2.32. The average Bonchev–Trinajstić information content (AvgIpc) is 3.28. The molecule has 0 spiro atoms. The van der Waals surface area contributed by atoms with E-state index in [1.165, 1.54) is 30.6 Å². The Morgan fingerprint density at radius 1 is 0.923 bits per heavy atom. The second kappa shape index (κ2) is 23.1. The van der Waals surface area contributed by atoms with E-state index >= 15 is 0 Å². The van der Waals surface area contributed by atoms with Gasteiger partial charge in [0.05, 0.1) is 17.3 Å². The first-order valence-electron chi connectivity index (χ1n) is 21.6. The van der Waals surface area contributed by atoms with Crippen LogP contribution in [0, 0.1) is 25.2 Å². The number of nitrogens with zero attached hydrogens (tertiary/aromatic N) is 4. The van der Waals surface area contributed by atoms with Gasteiger partial charge in [-0.25, -0.2) is 9.97 Å². The molecule has 2 heterocycles. The van der Waals surface area contributed by atoms with Gasteiger partial charge < -0.3 is 52.8 Å². The first-order valence-corrected chi connectivity index (χ1v) is 21.6. The van der Waals surface area contributed by atoms with E-state index in [4.69, 9.17) is 31.9 Å². The summed E-state index contributed by atoms with van der Waals surface area (Å²) in [5.74, 6) is -2.12. The summed E-state index contributed by atoms with van der Waals surface area (Å²) in [4.78, 5) is 80.5. The molecule has 4 bridgehead atoms. The number of hydrogen-bond donors (Lipinski definition) is 7. The van der Waals surface area contributed by atoms with Crippen LogP contribution in [-0.4, -0.2) is 109 Å². The normalized spacial score (nSPS) is 16.4. The van der Waals surface area contributed by atoms with Crippen LogP contribution in [0.4, 0.5) is 0 Å².